The van der Waals surface area contributed by atoms with Crippen LogP contribution < -0.4 is 10.1 Å². The SMILES string of the molecule is CCOc1cc(CNC2CCN(C(=O)OC(C)(C)C)CC2)ccc1O. The Morgan fingerprint density at radius 2 is 2.00 bits per heavy atom. The summed E-state index contributed by atoms with van der Waals surface area (Å²) in [5.41, 5.74) is 0.611. The smallest absolute Gasteiger partial charge is 0.410 e. The number of likely N-dealkylation sites (tertiary alicyclic amines) is 1. The van der Waals surface area contributed by atoms with Crippen molar-refractivity contribution in [3.8, 4) is 11.5 Å². The van der Waals surface area contributed by atoms with Crippen molar-refractivity contribution >= 4 is 6.09 Å². The summed E-state index contributed by atoms with van der Waals surface area (Å²) in [5.74, 6) is 0.679. The topological polar surface area (TPSA) is 71.0 Å². The lowest BCUT2D eigenvalue weighted by atomic mass is 10.0. The molecule has 0 spiro atoms. The fourth-order valence-corrected chi connectivity index (χ4v) is 2.79. The van der Waals surface area contributed by atoms with Crippen molar-refractivity contribution in [3.05, 3.63) is 23.8 Å². The molecule has 1 aliphatic rings. The molecule has 1 heterocycles. The van der Waals surface area contributed by atoms with E-state index in [1.54, 1.807) is 11.0 Å². The molecule has 1 fully saturated rings. The lowest BCUT2D eigenvalue weighted by Gasteiger charge is -2.33. The summed E-state index contributed by atoms with van der Waals surface area (Å²) >= 11 is 0. The van der Waals surface area contributed by atoms with Gasteiger partial charge in [-0.3, -0.25) is 0 Å². The predicted molar refractivity (Wildman–Crippen MR) is 96.9 cm³/mol. The molecule has 1 aliphatic heterocycles. The van der Waals surface area contributed by atoms with Gasteiger partial charge in [0, 0.05) is 25.7 Å². The summed E-state index contributed by atoms with van der Waals surface area (Å²) in [5, 5.41) is 13.3. The van der Waals surface area contributed by atoms with Crippen LogP contribution in [0.25, 0.3) is 0 Å². The first-order valence-electron chi connectivity index (χ1n) is 8.94. The molecule has 140 valence electrons. The van der Waals surface area contributed by atoms with Gasteiger partial charge in [0.2, 0.25) is 0 Å². The third kappa shape index (κ3) is 6.12. The summed E-state index contributed by atoms with van der Waals surface area (Å²) < 4.78 is 10.8. The molecule has 25 heavy (non-hydrogen) atoms. The minimum absolute atomic E-state index is 0.163. The first-order valence-corrected chi connectivity index (χ1v) is 8.94. The van der Waals surface area contributed by atoms with Gasteiger partial charge in [-0.05, 0) is 58.2 Å². The standard InChI is InChI=1S/C19H30N2O4/c1-5-24-17-12-14(6-7-16(17)22)13-20-15-8-10-21(11-9-15)18(23)25-19(2,3)4/h6-7,12,15,20,22H,5,8-11,13H2,1-4H3. The van der Waals surface area contributed by atoms with Crippen molar-refractivity contribution in [1.29, 1.82) is 0 Å². The number of rotatable bonds is 5. The summed E-state index contributed by atoms with van der Waals surface area (Å²) in [6.07, 6.45) is 1.57. The van der Waals surface area contributed by atoms with Crippen LogP contribution in [-0.4, -0.2) is 47.4 Å². The molecule has 0 aliphatic carbocycles. The largest absolute Gasteiger partial charge is 0.504 e. The van der Waals surface area contributed by atoms with Crippen LogP contribution in [0.5, 0.6) is 11.5 Å². The minimum Gasteiger partial charge on any atom is -0.504 e. The van der Waals surface area contributed by atoms with Crippen molar-refractivity contribution in [2.45, 2.75) is 58.7 Å². The van der Waals surface area contributed by atoms with Crippen molar-refractivity contribution in [3.63, 3.8) is 0 Å². The summed E-state index contributed by atoms with van der Waals surface area (Å²) in [7, 11) is 0. The molecule has 0 atom stereocenters. The van der Waals surface area contributed by atoms with Crippen LogP contribution in [0.2, 0.25) is 0 Å². The Labute approximate surface area is 150 Å². The van der Waals surface area contributed by atoms with E-state index in [1.165, 1.54) is 0 Å². The number of amides is 1. The Morgan fingerprint density at radius 1 is 1.32 bits per heavy atom. The van der Waals surface area contributed by atoms with Gasteiger partial charge in [0.15, 0.2) is 11.5 Å². The van der Waals surface area contributed by atoms with E-state index in [1.807, 2.05) is 39.8 Å². The van der Waals surface area contributed by atoms with Crippen LogP contribution in [0.4, 0.5) is 4.79 Å². The zero-order chi connectivity index (χ0) is 18.4. The van der Waals surface area contributed by atoms with Crippen molar-refractivity contribution < 1.29 is 19.4 Å². The summed E-state index contributed by atoms with van der Waals surface area (Å²) in [6.45, 7) is 10.2. The number of phenolic OH excluding ortho intramolecular Hbond substituents is 1. The van der Waals surface area contributed by atoms with Crippen LogP contribution in [-0.2, 0) is 11.3 Å². The van der Waals surface area contributed by atoms with E-state index in [4.69, 9.17) is 9.47 Å². The Kier molecular flexibility index (Phi) is 6.53. The normalized spacial score (nSPS) is 15.9. The number of nitrogens with one attached hydrogen (secondary N) is 1. The summed E-state index contributed by atoms with van der Waals surface area (Å²) in [4.78, 5) is 13.9. The van der Waals surface area contributed by atoms with Crippen LogP contribution >= 0.6 is 0 Å². The molecule has 6 heteroatoms. The Hall–Kier alpha value is -1.95. The number of piperidine rings is 1. The minimum atomic E-state index is -0.455. The Morgan fingerprint density at radius 3 is 2.60 bits per heavy atom. The molecule has 1 aromatic carbocycles. The van der Waals surface area contributed by atoms with E-state index in [9.17, 15) is 9.90 Å². The van der Waals surface area contributed by atoms with Gasteiger partial charge >= 0.3 is 6.09 Å². The maximum atomic E-state index is 12.1. The van der Waals surface area contributed by atoms with Gasteiger partial charge in [0.25, 0.3) is 0 Å². The molecule has 2 rings (SSSR count). The number of ether oxygens (including phenoxy) is 2. The monoisotopic (exact) mass is 350 g/mol. The van der Waals surface area contributed by atoms with Crippen LogP contribution in [0.3, 0.4) is 0 Å². The zero-order valence-corrected chi connectivity index (χ0v) is 15.7. The van der Waals surface area contributed by atoms with E-state index in [0.29, 0.717) is 38.0 Å². The van der Waals surface area contributed by atoms with E-state index < -0.39 is 5.60 Å². The molecule has 1 amide bonds. The highest BCUT2D eigenvalue weighted by atomic mass is 16.6. The average molecular weight is 350 g/mol. The van der Waals surface area contributed by atoms with Gasteiger partial charge < -0.3 is 24.8 Å². The van der Waals surface area contributed by atoms with Gasteiger partial charge in [-0.15, -0.1) is 0 Å². The fraction of sp³-hybridized carbons (Fsp3) is 0.632. The number of benzene rings is 1. The fourth-order valence-electron chi connectivity index (χ4n) is 2.79. The quantitative estimate of drug-likeness (QED) is 0.853. The molecule has 0 radical (unpaired) electrons. The molecule has 2 N–H and O–H groups in total. The Balaban J connectivity index is 1.79. The maximum absolute atomic E-state index is 12.1. The number of phenols is 1. The van der Waals surface area contributed by atoms with Crippen LogP contribution in [0, 0.1) is 0 Å². The maximum Gasteiger partial charge on any atom is 0.410 e. The average Bonchev–Trinajstić information content (AvgIpc) is 2.54. The van der Waals surface area contributed by atoms with Crippen LogP contribution in [0.1, 0.15) is 46.1 Å². The predicted octanol–water partition coefficient (Wildman–Crippen LogP) is 3.28. The molecule has 0 aromatic heterocycles. The van der Waals surface area contributed by atoms with Crippen molar-refractivity contribution in [1.82, 2.24) is 10.2 Å². The molecule has 0 unspecified atom stereocenters. The highest BCUT2D eigenvalue weighted by Crippen LogP contribution is 2.27. The van der Waals surface area contributed by atoms with E-state index in [-0.39, 0.29) is 11.8 Å². The molecule has 1 saturated heterocycles. The lowest BCUT2D eigenvalue weighted by Crippen LogP contribution is -2.46. The van der Waals surface area contributed by atoms with Gasteiger partial charge in [-0.2, -0.15) is 0 Å². The van der Waals surface area contributed by atoms with E-state index in [0.717, 1.165) is 18.4 Å². The van der Waals surface area contributed by atoms with E-state index in [2.05, 4.69) is 5.32 Å². The van der Waals surface area contributed by atoms with E-state index >= 15 is 0 Å². The van der Waals surface area contributed by atoms with Gasteiger partial charge in [0.1, 0.15) is 5.60 Å². The Bertz CT molecular complexity index is 575. The number of aromatic hydroxyl groups is 1. The third-order valence-electron chi connectivity index (χ3n) is 4.07. The van der Waals surface area contributed by atoms with Gasteiger partial charge in [-0.25, -0.2) is 4.79 Å². The van der Waals surface area contributed by atoms with Gasteiger partial charge in [-0.1, -0.05) is 6.07 Å². The summed E-state index contributed by atoms with van der Waals surface area (Å²) in [6, 6.07) is 5.78. The van der Waals surface area contributed by atoms with Crippen molar-refractivity contribution in [2.24, 2.45) is 0 Å². The highest BCUT2D eigenvalue weighted by molar-refractivity contribution is 5.68. The zero-order valence-electron chi connectivity index (χ0n) is 15.7. The number of hydrogen-bond donors (Lipinski definition) is 2. The lowest BCUT2D eigenvalue weighted by molar-refractivity contribution is 0.0198. The second-order valence-corrected chi connectivity index (χ2v) is 7.36. The molecular formula is C19H30N2O4. The second-order valence-electron chi connectivity index (χ2n) is 7.36. The van der Waals surface area contributed by atoms with Crippen molar-refractivity contribution in [2.75, 3.05) is 19.7 Å². The highest BCUT2D eigenvalue weighted by Gasteiger charge is 2.26. The third-order valence-corrected chi connectivity index (χ3v) is 4.07. The number of carbonyl (C=O) groups excluding carboxylic acids is 1. The first-order chi connectivity index (χ1) is 11.8. The number of nitrogens with zero attached hydrogens (tertiary/aromatic N) is 1. The number of carbonyl (C=O) groups is 1. The first kappa shape index (κ1) is 19.4. The van der Waals surface area contributed by atoms with Gasteiger partial charge in [0.05, 0.1) is 6.61 Å². The second kappa shape index (κ2) is 8.43. The molecule has 0 bridgehead atoms. The molecule has 1 aromatic rings. The van der Waals surface area contributed by atoms with Crippen LogP contribution in [0.15, 0.2) is 18.2 Å². The molecule has 0 saturated carbocycles. The number of hydrogen-bond acceptors (Lipinski definition) is 5. The molecular weight excluding hydrogens is 320 g/mol. The molecule has 6 nitrogen and oxygen atoms in total.